The molecule has 0 heterocycles. The Labute approximate surface area is 107 Å². The zero-order chi connectivity index (χ0) is 13.2. The number of aryl methyl sites for hydroxylation is 1. The van der Waals surface area contributed by atoms with Gasteiger partial charge in [-0.3, -0.25) is 4.57 Å². The van der Waals surface area contributed by atoms with Crippen molar-refractivity contribution in [3.63, 3.8) is 0 Å². The monoisotopic (exact) mass is 262 g/mol. The molecule has 0 saturated carbocycles. The minimum Gasteiger partial charge on any atom is -0.457 e. The van der Waals surface area contributed by atoms with Gasteiger partial charge in [0.05, 0.1) is 0 Å². The molecule has 1 unspecified atom stereocenters. The van der Waals surface area contributed by atoms with E-state index in [-0.39, 0.29) is 0 Å². The maximum atomic E-state index is 11.4. The number of ether oxygens (including phenoxy) is 1. The van der Waals surface area contributed by atoms with Crippen molar-refractivity contribution >= 4 is 12.7 Å². The second-order valence-electron chi connectivity index (χ2n) is 4.29. The van der Waals surface area contributed by atoms with Crippen molar-refractivity contribution in [2.45, 2.75) is 6.92 Å². The Morgan fingerprint density at radius 3 is 1.83 bits per heavy atom. The van der Waals surface area contributed by atoms with E-state index in [0.717, 1.165) is 5.75 Å². The average Bonchev–Trinajstić information content (AvgIpc) is 2.32. The predicted molar refractivity (Wildman–Crippen MR) is 73.1 cm³/mol. The lowest BCUT2D eigenvalue weighted by Gasteiger charge is -2.08. The molecule has 0 aliphatic carbocycles. The van der Waals surface area contributed by atoms with Crippen LogP contribution in [0.25, 0.3) is 0 Å². The lowest BCUT2D eigenvalue weighted by atomic mass is 10.2. The van der Waals surface area contributed by atoms with Crippen LogP contribution in [0.15, 0.2) is 48.5 Å². The fourth-order valence-electron chi connectivity index (χ4n) is 1.53. The molecule has 3 nitrogen and oxygen atoms in total. The molecule has 2 aromatic carbocycles. The molecule has 18 heavy (non-hydrogen) atoms. The van der Waals surface area contributed by atoms with Crippen LogP contribution < -0.4 is 10.0 Å². The number of rotatable bonds is 3. The first-order valence-corrected chi connectivity index (χ1v) is 7.71. The van der Waals surface area contributed by atoms with Crippen molar-refractivity contribution in [2.24, 2.45) is 0 Å². The molecule has 94 valence electrons. The van der Waals surface area contributed by atoms with Crippen molar-refractivity contribution in [3.8, 4) is 11.5 Å². The first kappa shape index (κ1) is 12.9. The minimum atomic E-state index is -3.18. The maximum Gasteiger partial charge on any atom is 0.226 e. The Balaban J connectivity index is 2.16. The molecule has 2 aromatic rings. The third kappa shape index (κ3) is 3.22. The zero-order valence-electron chi connectivity index (χ0n) is 10.3. The zero-order valence-corrected chi connectivity index (χ0v) is 11.2. The Kier molecular flexibility index (Phi) is 3.55. The Hall–Kier alpha value is -1.57. The van der Waals surface area contributed by atoms with Gasteiger partial charge in [0.25, 0.3) is 0 Å². The van der Waals surface area contributed by atoms with Crippen molar-refractivity contribution in [2.75, 3.05) is 6.66 Å². The van der Waals surface area contributed by atoms with Crippen LogP contribution in [0.3, 0.4) is 0 Å². The summed E-state index contributed by atoms with van der Waals surface area (Å²) in [6.45, 7) is 3.33. The summed E-state index contributed by atoms with van der Waals surface area (Å²) < 4.78 is 17.1. The van der Waals surface area contributed by atoms with E-state index in [1.165, 1.54) is 12.2 Å². The molecule has 0 aliphatic rings. The fraction of sp³-hybridized carbons (Fsp3) is 0.143. The van der Waals surface area contributed by atoms with Gasteiger partial charge in [-0.05, 0) is 43.3 Å². The van der Waals surface area contributed by atoms with Gasteiger partial charge in [0, 0.05) is 12.0 Å². The largest absolute Gasteiger partial charge is 0.457 e. The highest BCUT2D eigenvalue weighted by Crippen LogP contribution is 2.34. The SMILES string of the molecule is Cc1ccc(Oc2ccc(P(C)(=O)O)cc2)cc1. The third-order valence-corrected chi connectivity index (χ3v) is 3.83. The first-order chi connectivity index (χ1) is 8.45. The van der Waals surface area contributed by atoms with E-state index in [0.29, 0.717) is 11.1 Å². The van der Waals surface area contributed by atoms with Crippen molar-refractivity contribution in [1.29, 1.82) is 0 Å². The highest BCUT2D eigenvalue weighted by Gasteiger charge is 2.12. The van der Waals surface area contributed by atoms with E-state index < -0.39 is 7.37 Å². The molecule has 1 N–H and O–H groups in total. The predicted octanol–water partition coefficient (Wildman–Crippen LogP) is 3.31. The van der Waals surface area contributed by atoms with E-state index in [4.69, 9.17) is 4.74 Å². The van der Waals surface area contributed by atoms with Crippen LogP contribution in [0.1, 0.15) is 5.56 Å². The molecule has 0 aliphatic heterocycles. The van der Waals surface area contributed by atoms with E-state index in [1.54, 1.807) is 24.3 Å². The van der Waals surface area contributed by atoms with Gasteiger partial charge in [0.15, 0.2) is 0 Å². The molecule has 4 heteroatoms. The number of benzene rings is 2. The summed E-state index contributed by atoms with van der Waals surface area (Å²) in [5.41, 5.74) is 1.17. The molecule has 0 aromatic heterocycles. The van der Waals surface area contributed by atoms with Crippen LogP contribution in [0.2, 0.25) is 0 Å². The molecule has 0 saturated heterocycles. The van der Waals surface area contributed by atoms with Gasteiger partial charge < -0.3 is 9.63 Å². The molecular formula is C14H15O3P. The topological polar surface area (TPSA) is 46.5 Å². The van der Waals surface area contributed by atoms with Crippen molar-refractivity contribution < 1.29 is 14.2 Å². The van der Waals surface area contributed by atoms with Gasteiger partial charge >= 0.3 is 0 Å². The molecule has 0 spiro atoms. The Morgan fingerprint density at radius 1 is 0.944 bits per heavy atom. The molecule has 0 bridgehead atoms. The normalized spacial score (nSPS) is 13.9. The molecule has 1 atom stereocenters. The second-order valence-corrected chi connectivity index (χ2v) is 6.56. The highest BCUT2D eigenvalue weighted by molar-refractivity contribution is 7.65. The van der Waals surface area contributed by atoms with Crippen LogP contribution >= 0.6 is 7.37 Å². The van der Waals surface area contributed by atoms with Crippen LogP contribution in [0.5, 0.6) is 11.5 Å². The van der Waals surface area contributed by atoms with Crippen molar-refractivity contribution in [3.05, 3.63) is 54.1 Å². The molecule has 0 amide bonds. The number of hydrogen-bond acceptors (Lipinski definition) is 2. The third-order valence-electron chi connectivity index (χ3n) is 2.57. The Morgan fingerprint density at radius 2 is 1.39 bits per heavy atom. The maximum absolute atomic E-state index is 11.4. The van der Waals surface area contributed by atoms with Gasteiger partial charge in [-0.1, -0.05) is 17.7 Å². The number of hydrogen-bond donors (Lipinski definition) is 1. The van der Waals surface area contributed by atoms with Crippen LogP contribution in [0, 0.1) is 6.92 Å². The Bertz CT molecular complexity index is 567. The summed E-state index contributed by atoms with van der Waals surface area (Å²) in [4.78, 5) is 9.41. The van der Waals surface area contributed by atoms with E-state index in [1.807, 2.05) is 31.2 Å². The van der Waals surface area contributed by atoms with Gasteiger partial charge in [0.1, 0.15) is 11.5 Å². The summed E-state index contributed by atoms with van der Waals surface area (Å²) in [5, 5.41) is 0.429. The molecule has 2 rings (SSSR count). The lowest BCUT2D eigenvalue weighted by Crippen LogP contribution is -2.01. The smallest absolute Gasteiger partial charge is 0.226 e. The molecule has 0 radical (unpaired) electrons. The van der Waals surface area contributed by atoms with Crippen LogP contribution in [-0.2, 0) is 4.57 Å². The summed E-state index contributed by atoms with van der Waals surface area (Å²) in [6, 6.07) is 14.3. The summed E-state index contributed by atoms with van der Waals surface area (Å²) in [5.74, 6) is 1.40. The highest BCUT2D eigenvalue weighted by atomic mass is 31.2. The van der Waals surface area contributed by atoms with Crippen molar-refractivity contribution in [1.82, 2.24) is 0 Å². The van der Waals surface area contributed by atoms with Gasteiger partial charge in [-0.2, -0.15) is 0 Å². The van der Waals surface area contributed by atoms with E-state index in [9.17, 15) is 9.46 Å². The fourth-order valence-corrected chi connectivity index (χ4v) is 2.24. The van der Waals surface area contributed by atoms with Gasteiger partial charge in [0.2, 0.25) is 7.37 Å². The van der Waals surface area contributed by atoms with Gasteiger partial charge in [-0.25, -0.2) is 0 Å². The lowest BCUT2D eigenvalue weighted by molar-refractivity contribution is 0.482. The van der Waals surface area contributed by atoms with Crippen LogP contribution in [0.4, 0.5) is 0 Å². The quantitative estimate of drug-likeness (QED) is 0.863. The van der Waals surface area contributed by atoms with E-state index >= 15 is 0 Å². The summed E-state index contributed by atoms with van der Waals surface area (Å²) >= 11 is 0. The first-order valence-electron chi connectivity index (χ1n) is 5.60. The van der Waals surface area contributed by atoms with E-state index in [2.05, 4.69) is 0 Å². The van der Waals surface area contributed by atoms with Gasteiger partial charge in [-0.15, -0.1) is 0 Å². The average molecular weight is 262 g/mol. The summed E-state index contributed by atoms with van der Waals surface area (Å²) in [6.07, 6.45) is 0. The summed E-state index contributed by atoms with van der Waals surface area (Å²) in [7, 11) is -3.18. The minimum absolute atomic E-state index is 0.429. The molecule has 0 fully saturated rings. The van der Waals surface area contributed by atoms with Crippen LogP contribution in [-0.4, -0.2) is 11.6 Å². The molecular weight excluding hydrogens is 247 g/mol. The standard InChI is InChI=1S/C14H15O3P/c1-11-3-5-12(6-4-11)17-13-7-9-14(10-8-13)18(2,15)16/h3-10H,1-2H3,(H,15,16). The second kappa shape index (κ2) is 4.97.